The van der Waals surface area contributed by atoms with Crippen LogP contribution in [0.2, 0.25) is 5.02 Å². The summed E-state index contributed by atoms with van der Waals surface area (Å²) in [6, 6.07) is 14.6. The van der Waals surface area contributed by atoms with Gasteiger partial charge in [-0.15, -0.1) is 11.3 Å². The van der Waals surface area contributed by atoms with E-state index in [0.29, 0.717) is 28.6 Å². The van der Waals surface area contributed by atoms with Crippen molar-refractivity contribution in [1.29, 1.82) is 0 Å². The lowest BCUT2D eigenvalue weighted by Crippen LogP contribution is -2.11. The molecule has 0 amide bonds. The summed E-state index contributed by atoms with van der Waals surface area (Å²) in [5, 5.41) is 3.53. The number of carbonyl (C=O) groups is 1. The molecule has 128 valence electrons. The fraction of sp³-hybridized carbons (Fsp3) is 0.158. The molecule has 0 saturated carbocycles. The molecule has 0 fully saturated rings. The maximum atomic E-state index is 12.0. The van der Waals surface area contributed by atoms with E-state index in [2.05, 4.69) is 4.98 Å². The van der Waals surface area contributed by atoms with Gasteiger partial charge in [-0.2, -0.15) is 0 Å². The van der Waals surface area contributed by atoms with Crippen LogP contribution < -0.4 is 9.47 Å². The van der Waals surface area contributed by atoms with Gasteiger partial charge in [-0.1, -0.05) is 23.7 Å². The van der Waals surface area contributed by atoms with Crippen molar-refractivity contribution < 1.29 is 14.3 Å². The Morgan fingerprint density at radius 2 is 1.92 bits per heavy atom. The standard InChI is InChI=1S/C19H16ClNO3S/c1-23-16-5-7-17(8-6-16)24-19(22)11-15-12-25-18(21-15)10-13-3-2-4-14(20)9-13/h2-9,12H,10-11H2,1H3. The minimum atomic E-state index is -0.343. The smallest absolute Gasteiger partial charge is 0.317 e. The molecule has 0 aliphatic rings. The van der Waals surface area contributed by atoms with E-state index in [0.717, 1.165) is 10.6 Å². The van der Waals surface area contributed by atoms with Gasteiger partial charge in [0.15, 0.2) is 0 Å². The molecule has 2 aromatic carbocycles. The predicted molar refractivity (Wildman–Crippen MR) is 98.7 cm³/mol. The van der Waals surface area contributed by atoms with Gasteiger partial charge in [0.25, 0.3) is 0 Å². The molecule has 6 heteroatoms. The Kier molecular flexibility index (Phi) is 5.68. The molecule has 3 aromatic rings. The van der Waals surface area contributed by atoms with E-state index in [9.17, 15) is 4.79 Å². The van der Waals surface area contributed by atoms with Crippen molar-refractivity contribution in [3.8, 4) is 11.5 Å². The van der Waals surface area contributed by atoms with Crippen LogP contribution in [0.4, 0.5) is 0 Å². The van der Waals surface area contributed by atoms with Crippen LogP contribution >= 0.6 is 22.9 Å². The van der Waals surface area contributed by atoms with Gasteiger partial charge in [0, 0.05) is 16.8 Å². The predicted octanol–water partition coefficient (Wildman–Crippen LogP) is 4.54. The normalized spacial score (nSPS) is 10.5. The number of rotatable bonds is 6. The lowest BCUT2D eigenvalue weighted by Gasteiger charge is -2.04. The molecule has 0 aliphatic carbocycles. The third-order valence-electron chi connectivity index (χ3n) is 3.46. The number of benzene rings is 2. The first-order valence-electron chi connectivity index (χ1n) is 7.65. The number of halogens is 1. The molecule has 0 spiro atoms. The number of ether oxygens (including phenoxy) is 2. The summed E-state index contributed by atoms with van der Waals surface area (Å²) >= 11 is 7.52. The third-order valence-corrected chi connectivity index (χ3v) is 4.59. The van der Waals surface area contributed by atoms with Crippen molar-refractivity contribution in [1.82, 2.24) is 4.98 Å². The second-order valence-electron chi connectivity index (χ2n) is 5.37. The van der Waals surface area contributed by atoms with Gasteiger partial charge in [-0.05, 0) is 42.0 Å². The largest absolute Gasteiger partial charge is 0.497 e. The fourth-order valence-corrected chi connectivity index (χ4v) is 3.33. The van der Waals surface area contributed by atoms with Crippen molar-refractivity contribution in [3.63, 3.8) is 0 Å². The Morgan fingerprint density at radius 1 is 1.16 bits per heavy atom. The minimum Gasteiger partial charge on any atom is -0.497 e. The molecule has 1 aromatic heterocycles. The van der Waals surface area contributed by atoms with Crippen LogP contribution in [0.1, 0.15) is 16.3 Å². The van der Waals surface area contributed by atoms with Crippen molar-refractivity contribution >= 4 is 28.9 Å². The summed E-state index contributed by atoms with van der Waals surface area (Å²) in [5.41, 5.74) is 1.80. The zero-order valence-electron chi connectivity index (χ0n) is 13.6. The molecule has 0 saturated heterocycles. The number of hydrogen-bond donors (Lipinski definition) is 0. The number of esters is 1. The van der Waals surface area contributed by atoms with Gasteiger partial charge in [-0.3, -0.25) is 4.79 Å². The van der Waals surface area contributed by atoms with Crippen LogP contribution in [0.5, 0.6) is 11.5 Å². The third kappa shape index (κ3) is 5.05. The van der Waals surface area contributed by atoms with Crippen LogP contribution in [0.15, 0.2) is 53.9 Å². The van der Waals surface area contributed by atoms with Crippen LogP contribution in [0, 0.1) is 0 Å². The van der Waals surface area contributed by atoms with E-state index in [1.165, 1.54) is 11.3 Å². The highest BCUT2D eigenvalue weighted by Gasteiger charge is 2.11. The maximum Gasteiger partial charge on any atom is 0.317 e. The van der Waals surface area contributed by atoms with E-state index in [-0.39, 0.29) is 12.4 Å². The van der Waals surface area contributed by atoms with Gasteiger partial charge < -0.3 is 9.47 Å². The van der Waals surface area contributed by atoms with Crippen LogP contribution in [0.25, 0.3) is 0 Å². The zero-order valence-corrected chi connectivity index (χ0v) is 15.1. The average molecular weight is 374 g/mol. The Bertz CT molecular complexity index is 861. The Morgan fingerprint density at radius 3 is 2.64 bits per heavy atom. The number of thiazole rings is 1. The highest BCUT2D eigenvalue weighted by atomic mass is 35.5. The maximum absolute atomic E-state index is 12.0. The van der Waals surface area contributed by atoms with Gasteiger partial charge in [0.1, 0.15) is 11.5 Å². The molecular formula is C19H16ClNO3S. The van der Waals surface area contributed by atoms with E-state index < -0.39 is 0 Å². The first-order chi connectivity index (χ1) is 12.1. The molecule has 0 N–H and O–H groups in total. The Labute approximate surface area is 155 Å². The quantitative estimate of drug-likeness (QED) is 0.470. The summed E-state index contributed by atoms with van der Waals surface area (Å²) in [6.45, 7) is 0. The van der Waals surface area contributed by atoms with E-state index in [4.69, 9.17) is 21.1 Å². The topological polar surface area (TPSA) is 48.4 Å². The molecular weight excluding hydrogens is 358 g/mol. The molecule has 3 rings (SSSR count). The van der Waals surface area contributed by atoms with E-state index in [1.54, 1.807) is 31.4 Å². The summed E-state index contributed by atoms with van der Waals surface area (Å²) in [7, 11) is 1.59. The van der Waals surface area contributed by atoms with Crippen molar-refractivity contribution in [2.24, 2.45) is 0 Å². The van der Waals surface area contributed by atoms with Gasteiger partial charge in [-0.25, -0.2) is 4.98 Å². The van der Waals surface area contributed by atoms with E-state index >= 15 is 0 Å². The number of hydrogen-bond acceptors (Lipinski definition) is 5. The minimum absolute atomic E-state index is 0.137. The first kappa shape index (κ1) is 17.5. The van der Waals surface area contributed by atoms with Crippen LogP contribution in [-0.2, 0) is 17.6 Å². The number of nitrogens with zero attached hydrogens (tertiary/aromatic N) is 1. The highest BCUT2D eigenvalue weighted by molar-refractivity contribution is 7.09. The van der Waals surface area contributed by atoms with Gasteiger partial charge in [0.2, 0.25) is 0 Å². The zero-order chi connectivity index (χ0) is 17.6. The fourth-order valence-electron chi connectivity index (χ4n) is 2.29. The van der Waals surface area contributed by atoms with E-state index in [1.807, 2.05) is 29.6 Å². The molecule has 0 radical (unpaired) electrons. The monoisotopic (exact) mass is 373 g/mol. The second kappa shape index (κ2) is 8.14. The second-order valence-corrected chi connectivity index (χ2v) is 6.74. The summed E-state index contributed by atoms with van der Waals surface area (Å²) in [6.07, 6.45) is 0.830. The molecule has 0 bridgehead atoms. The highest BCUT2D eigenvalue weighted by Crippen LogP contribution is 2.20. The Hall–Kier alpha value is -2.37. The molecule has 0 unspecified atom stereocenters. The summed E-state index contributed by atoms with van der Waals surface area (Å²) in [4.78, 5) is 16.5. The van der Waals surface area contributed by atoms with Gasteiger partial charge in [0.05, 0.1) is 24.2 Å². The lowest BCUT2D eigenvalue weighted by atomic mass is 10.2. The van der Waals surface area contributed by atoms with Crippen LogP contribution in [-0.4, -0.2) is 18.1 Å². The van der Waals surface area contributed by atoms with Crippen molar-refractivity contribution in [2.45, 2.75) is 12.8 Å². The van der Waals surface area contributed by atoms with Crippen LogP contribution in [0.3, 0.4) is 0 Å². The van der Waals surface area contributed by atoms with Gasteiger partial charge >= 0.3 is 5.97 Å². The van der Waals surface area contributed by atoms with Crippen molar-refractivity contribution in [2.75, 3.05) is 7.11 Å². The average Bonchev–Trinajstić information content (AvgIpc) is 3.02. The summed E-state index contributed by atoms with van der Waals surface area (Å²) in [5.74, 6) is 0.856. The molecule has 0 atom stereocenters. The number of carbonyl (C=O) groups excluding carboxylic acids is 1. The summed E-state index contributed by atoms with van der Waals surface area (Å²) < 4.78 is 10.4. The molecule has 25 heavy (non-hydrogen) atoms. The number of methoxy groups -OCH3 is 1. The Balaban J connectivity index is 1.57. The first-order valence-corrected chi connectivity index (χ1v) is 8.90. The molecule has 1 heterocycles. The lowest BCUT2D eigenvalue weighted by molar-refractivity contribution is -0.133. The molecule has 4 nitrogen and oxygen atoms in total. The number of aromatic nitrogens is 1. The van der Waals surface area contributed by atoms with Crippen molar-refractivity contribution in [3.05, 3.63) is 75.2 Å². The SMILES string of the molecule is COc1ccc(OC(=O)Cc2csc(Cc3cccc(Cl)c3)n2)cc1. The molecule has 0 aliphatic heterocycles.